The number of hydrogen-bond acceptors (Lipinski definition) is 2. The maximum Gasteiger partial charge on any atom is 0.0732 e. The molecule has 0 spiro atoms. The number of rotatable bonds is 3. The van der Waals surface area contributed by atoms with Gasteiger partial charge in [-0.3, -0.25) is 4.68 Å². The number of nitrogens with zero attached hydrogens (tertiary/aromatic N) is 2. The van der Waals surface area contributed by atoms with Gasteiger partial charge in [0.05, 0.1) is 5.69 Å². The van der Waals surface area contributed by atoms with Crippen LogP contribution in [0.5, 0.6) is 0 Å². The summed E-state index contributed by atoms with van der Waals surface area (Å²) in [7, 11) is 1.94. The number of aromatic nitrogens is 2. The minimum absolute atomic E-state index is 0.460. The maximum absolute atomic E-state index is 5.85. The van der Waals surface area contributed by atoms with Crippen LogP contribution in [0.2, 0.25) is 0 Å². The van der Waals surface area contributed by atoms with E-state index in [2.05, 4.69) is 11.7 Å². The Kier molecular flexibility index (Phi) is 3.66. The van der Waals surface area contributed by atoms with Crippen LogP contribution in [-0.4, -0.2) is 28.9 Å². The molecule has 1 aromatic rings. The van der Waals surface area contributed by atoms with Crippen LogP contribution in [0.3, 0.4) is 0 Å². The molecule has 88 valence electrons. The van der Waals surface area contributed by atoms with E-state index in [4.69, 9.17) is 16.3 Å². The molecule has 3 nitrogen and oxygen atoms in total. The second-order valence-corrected chi connectivity index (χ2v) is 4.49. The van der Waals surface area contributed by atoms with Crippen molar-refractivity contribution in [1.82, 2.24) is 9.78 Å². The van der Waals surface area contributed by atoms with Crippen LogP contribution < -0.4 is 0 Å². The quantitative estimate of drug-likeness (QED) is 0.760. The summed E-state index contributed by atoms with van der Waals surface area (Å²) in [5.74, 6) is 0.951. The van der Waals surface area contributed by atoms with Crippen molar-refractivity contribution in [2.24, 2.45) is 7.05 Å². The first-order valence-electron chi connectivity index (χ1n) is 5.57. The standard InChI is InChI=1S/C12H17ClN2O/c1-9(7-13)11-8-15(2)14-12(11)10-3-5-16-6-4-10/h8,10H,1,3-7H2,2H3. The fraction of sp³-hybridized carbons (Fsp3) is 0.583. The van der Waals surface area contributed by atoms with Crippen LogP contribution in [0.4, 0.5) is 0 Å². The smallest absolute Gasteiger partial charge is 0.0732 e. The summed E-state index contributed by atoms with van der Waals surface area (Å²) in [6.07, 6.45) is 4.09. The fourth-order valence-electron chi connectivity index (χ4n) is 2.12. The number of hydrogen-bond donors (Lipinski definition) is 0. The van der Waals surface area contributed by atoms with Gasteiger partial charge in [0.25, 0.3) is 0 Å². The Hall–Kier alpha value is -0.800. The summed E-state index contributed by atoms with van der Waals surface area (Å²) >= 11 is 5.85. The predicted octanol–water partition coefficient (Wildman–Crippen LogP) is 2.57. The molecule has 0 bridgehead atoms. The van der Waals surface area contributed by atoms with Gasteiger partial charge in [-0.2, -0.15) is 5.10 Å². The Morgan fingerprint density at radius 1 is 1.62 bits per heavy atom. The fourth-order valence-corrected chi connectivity index (χ4v) is 2.27. The van der Waals surface area contributed by atoms with Crippen molar-refractivity contribution in [2.45, 2.75) is 18.8 Å². The molecule has 0 aromatic carbocycles. The lowest BCUT2D eigenvalue weighted by Gasteiger charge is -2.21. The van der Waals surface area contributed by atoms with Crippen LogP contribution in [0.15, 0.2) is 12.8 Å². The minimum Gasteiger partial charge on any atom is -0.381 e. The first-order valence-corrected chi connectivity index (χ1v) is 6.11. The van der Waals surface area contributed by atoms with E-state index in [-0.39, 0.29) is 0 Å². The summed E-state index contributed by atoms with van der Waals surface area (Å²) < 4.78 is 7.22. The van der Waals surface area contributed by atoms with Gasteiger partial charge < -0.3 is 4.74 Å². The van der Waals surface area contributed by atoms with E-state index in [1.54, 1.807) is 0 Å². The number of aryl methyl sites for hydroxylation is 1. The zero-order valence-electron chi connectivity index (χ0n) is 9.58. The average molecular weight is 241 g/mol. The van der Waals surface area contributed by atoms with E-state index >= 15 is 0 Å². The van der Waals surface area contributed by atoms with Crippen molar-refractivity contribution in [3.8, 4) is 0 Å². The monoisotopic (exact) mass is 240 g/mol. The van der Waals surface area contributed by atoms with Gasteiger partial charge >= 0.3 is 0 Å². The zero-order valence-corrected chi connectivity index (χ0v) is 10.3. The molecular formula is C12H17ClN2O. The molecule has 0 radical (unpaired) electrons. The van der Waals surface area contributed by atoms with Crippen molar-refractivity contribution in [3.63, 3.8) is 0 Å². The molecule has 0 unspecified atom stereocenters. The molecule has 16 heavy (non-hydrogen) atoms. The molecule has 2 rings (SSSR count). The third kappa shape index (κ3) is 2.30. The summed E-state index contributed by atoms with van der Waals surface area (Å²) in [5, 5.41) is 4.54. The van der Waals surface area contributed by atoms with E-state index < -0.39 is 0 Å². The first kappa shape index (κ1) is 11.7. The van der Waals surface area contributed by atoms with Crippen molar-refractivity contribution < 1.29 is 4.74 Å². The van der Waals surface area contributed by atoms with Crippen LogP contribution in [-0.2, 0) is 11.8 Å². The number of alkyl halides is 1. The van der Waals surface area contributed by atoms with Gasteiger partial charge in [-0.15, -0.1) is 11.6 Å². The van der Waals surface area contributed by atoms with Crippen LogP contribution >= 0.6 is 11.6 Å². The van der Waals surface area contributed by atoms with Gasteiger partial charge in [0.2, 0.25) is 0 Å². The van der Waals surface area contributed by atoms with Gasteiger partial charge in [-0.05, 0) is 18.4 Å². The molecule has 0 amide bonds. The number of halogens is 1. The molecule has 1 aliphatic rings. The molecule has 0 saturated carbocycles. The highest BCUT2D eigenvalue weighted by Crippen LogP contribution is 2.31. The van der Waals surface area contributed by atoms with Crippen molar-refractivity contribution in [1.29, 1.82) is 0 Å². The highest BCUT2D eigenvalue weighted by atomic mass is 35.5. The third-order valence-corrected chi connectivity index (χ3v) is 3.33. The van der Waals surface area contributed by atoms with Gasteiger partial charge in [0.15, 0.2) is 0 Å². The van der Waals surface area contributed by atoms with Crippen molar-refractivity contribution in [3.05, 3.63) is 24.0 Å². The Morgan fingerprint density at radius 2 is 2.31 bits per heavy atom. The van der Waals surface area contributed by atoms with Crippen LogP contribution in [0, 0.1) is 0 Å². The number of ether oxygens (including phenoxy) is 1. The Bertz CT molecular complexity index is 380. The summed E-state index contributed by atoms with van der Waals surface area (Å²) in [6, 6.07) is 0. The van der Waals surface area contributed by atoms with Gasteiger partial charge in [-0.25, -0.2) is 0 Å². The zero-order chi connectivity index (χ0) is 11.5. The molecule has 1 aliphatic heterocycles. The SMILES string of the molecule is C=C(CCl)c1cn(C)nc1C1CCOCC1. The third-order valence-electron chi connectivity index (χ3n) is 3.01. The van der Waals surface area contributed by atoms with Crippen molar-refractivity contribution in [2.75, 3.05) is 19.1 Å². The Morgan fingerprint density at radius 3 is 2.94 bits per heavy atom. The largest absolute Gasteiger partial charge is 0.381 e. The number of allylic oxidation sites excluding steroid dienone is 1. The minimum atomic E-state index is 0.460. The molecule has 0 N–H and O–H groups in total. The topological polar surface area (TPSA) is 27.1 Å². The van der Waals surface area contributed by atoms with Gasteiger partial charge in [-0.1, -0.05) is 6.58 Å². The second kappa shape index (κ2) is 5.02. The maximum atomic E-state index is 5.85. The van der Waals surface area contributed by atoms with Gasteiger partial charge in [0, 0.05) is 43.8 Å². The second-order valence-electron chi connectivity index (χ2n) is 4.23. The van der Waals surface area contributed by atoms with E-state index in [1.165, 1.54) is 0 Å². The summed E-state index contributed by atoms with van der Waals surface area (Å²) in [5.41, 5.74) is 3.21. The summed E-state index contributed by atoms with van der Waals surface area (Å²) in [4.78, 5) is 0. The normalized spacial score (nSPS) is 17.6. The highest BCUT2D eigenvalue weighted by Gasteiger charge is 2.22. The molecule has 0 atom stereocenters. The van der Waals surface area contributed by atoms with E-state index in [0.717, 1.165) is 42.9 Å². The van der Waals surface area contributed by atoms with Crippen molar-refractivity contribution >= 4 is 17.2 Å². The molecular weight excluding hydrogens is 224 g/mol. The average Bonchev–Trinajstić information content (AvgIpc) is 2.71. The highest BCUT2D eigenvalue weighted by molar-refractivity contribution is 6.23. The van der Waals surface area contributed by atoms with Gasteiger partial charge in [0.1, 0.15) is 0 Å². The van der Waals surface area contributed by atoms with E-state index in [9.17, 15) is 0 Å². The Labute approximate surface area is 101 Å². The van der Waals surface area contributed by atoms with E-state index in [0.29, 0.717) is 11.8 Å². The molecule has 1 aromatic heterocycles. The lowest BCUT2D eigenvalue weighted by molar-refractivity contribution is 0.0843. The summed E-state index contributed by atoms with van der Waals surface area (Å²) in [6.45, 7) is 5.65. The van der Waals surface area contributed by atoms with E-state index in [1.807, 2.05) is 17.9 Å². The molecule has 4 heteroatoms. The van der Waals surface area contributed by atoms with Crippen LogP contribution in [0.1, 0.15) is 30.0 Å². The van der Waals surface area contributed by atoms with Crippen LogP contribution in [0.25, 0.3) is 5.57 Å². The molecule has 1 saturated heterocycles. The first-order chi connectivity index (χ1) is 7.72. The molecule has 1 fully saturated rings. The lowest BCUT2D eigenvalue weighted by atomic mass is 9.92. The lowest BCUT2D eigenvalue weighted by Crippen LogP contribution is -2.15. The Balaban J connectivity index is 2.27. The predicted molar refractivity (Wildman–Crippen MR) is 65.8 cm³/mol. The molecule has 2 heterocycles. The molecule has 0 aliphatic carbocycles.